The predicted molar refractivity (Wildman–Crippen MR) is 174 cm³/mol. The van der Waals surface area contributed by atoms with Crippen LogP contribution in [0, 0.1) is 23.2 Å². The number of hydrogen-bond acceptors (Lipinski definition) is 8. The summed E-state index contributed by atoms with van der Waals surface area (Å²) in [6, 6.07) is 4.08. The number of carbonyl (C=O) groups is 3. The maximum atomic E-state index is 14.4. The number of ketones is 1. The second-order valence-electron chi connectivity index (χ2n) is 15.2. The molecule has 46 heavy (non-hydrogen) atoms. The van der Waals surface area contributed by atoms with Crippen molar-refractivity contribution in [3.05, 3.63) is 23.9 Å². The molecule has 1 aromatic carbocycles. The van der Waals surface area contributed by atoms with Crippen LogP contribution in [0.3, 0.4) is 0 Å². The van der Waals surface area contributed by atoms with Crippen LogP contribution in [-0.4, -0.2) is 70.1 Å². The number of carbonyl (C=O) groups excluding carboxylic acids is 3. The third-order valence-corrected chi connectivity index (χ3v) is 10.6. The zero-order valence-electron chi connectivity index (χ0n) is 28.3. The van der Waals surface area contributed by atoms with Crippen molar-refractivity contribution in [3.63, 3.8) is 0 Å². The summed E-state index contributed by atoms with van der Waals surface area (Å²) in [5.74, 6) is 1.42. The second-order valence-corrected chi connectivity index (χ2v) is 15.2. The molecule has 3 heterocycles. The summed E-state index contributed by atoms with van der Waals surface area (Å²) in [7, 11) is 1.62. The molecule has 10 nitrogen and oxygen atoms in total. The van der Waals surface area contributed by atoms with Crippen molar-refractivity contribution in [1.82, 2.24) is 20.2 Å². The molecule has 10 heteroatoms. The van der Waals surface area contributed by atoms with Gasteiger partial charge < -0.3 is 24.4 Å². The summed E-state index contributed by atoms with van der Waals surface area (Å²) in [6.45, 7) is 9.53. The first-order chi connectivity index (χ1) is 21.9. The molecule has 3 fully saturated rings. The average molecular weight is 635 g/mol. The highest BCUT2D eigenvalue weighted by Gasteiger charge is 2.59. The van der Waals surface area contributed by atoms with Gasteiger partial charge in [-0.1, -0.05) is 53.4 Å². The Morgan fingerprint density at radius 2 is 1.89 bits per heavy atom. The number of alkyl carbamates (subject to hydrolysis) is 1. The van der Waals surface area contributed by atoms with Crippen molar-refractivity contribution >= 4 is 28.8 Å². The van der Waals surface area contributed by atoms with Crippen molar-refractivity contribution in [2.24, 2.45) is 23.2 Å². The van der Waals surface area contributed by atoms with Crippen molar-refractivity contribution in [3.8, 4) is 11.6 Å². The Bertz CT molecular complexity index is 1480. The van der Waals surface area contributed by atoms with Crippen molar-refractivity contribution in [2.45, 2.75) is 123 Å². The van der Waals surface area contributed by atoms with E-state index >= 15 is 0 Å². The van der Waals surface area contributed by atoms with Gasteiger partial charge in [0.15, 0.2) is 5.78 Å². The lowest BCUT2D eigenvalue weighted by molar-refractivity contribution is -0.141. The molecule has 2 amide bonds. The molecular weight excluding hydrogens is 584 g/mol. The number of aromatic nitrogens is 2. The van der Waals surface area contributed by atoms with Gasteiger partial charge in [0, 0.05) is 17.9 Å². The molecule has 6 atom stereocenters. The first kappa shape index (κ1) is 32.5. The number of rotatable bonds is 5. The molecule has 0 unspecified atom stereocenters. The van der Waals surface area contributed by atoms with Gasteiger partial charge in [0.25, 0.3) is 0 Å². The van der Waals surface area contributed by atoms with Crippen molar-refractivity contribution < 1.29 is 28.6 Å². The Balaban J connectivity index is 1.37. The molecule has 0 spiro atoms. The smallest absolute Gasteiger partial charge is 0.408 e. The number of fused-ring (bicyclic) bond motifs is 5. The fourth-order valence-corrected chi connectivity index (χ4v) is 7.78. The maximum Gasteiger partial charge on any atom is 0.408 e. The van der Waals surface area contributed by atoms with Gasteiger partial charge in [0.1, 0.15) is 29.2 Å². The van der Waals surface area contributed by atoms with E-state index in [2.05, 4.69) is 5.32 Å². The van der Waals surface area contributed by atoms with E-state index in [1.807, 2.05) is 45.9 Å². The van der Waals surface area contributed by atoms with E-state index in [0.29, 0.717) is 41.8 Å². The number of benzene rings is 1. The Labute approximate surface area is 272 Å². The van der Waals surface area contributed by atoms with E-state index in [1.54, 1.807) is 12.0 Å². The lowest BCUT2D eigenvalue weighted by atomic mass is 9.85. The summed E-state index contributed by atoms with van der Waals surface area (Å²) in [5, 5.41) is 2.97. The van der Waals surface area contributed by atoms with Crippen LogP contribution in [0.5, 0.6) is 11.6 Å². The minimum atomic E-state index is -0.879. The van der Waals surface area contributed by atoms with Crippen LogP contribution in [0.2, 0.25) is 0 Å². The van der Waals surface area contributed by atoms with Crippen LogP contribution >= 0.6 is 0 Å². The first-order valence-electron chi connectivity index (χ1n) is 17.2. The molecule has 1 saturated heterocycles. The first-order valence-corrected chi connectivity index (χ1v) is 17.2. The molecule has 2 aromatic rings. The Kier molecular flexibility index (Phi) is 8.93. The fraction of sp³-hybridized carbons (Fsp3) is 0.694. The lowest BCUT2D eigenvalue weighted by Gasteiger charge is -2.35. The number of Topliss-reactive ketones (excluding diaryl/α,β-unsaturated/α-hetero) is 1. The number of amides is 2. The van der Waals surface area contributed by atoms with E-state index < -0.39 is 35.3 Å². The van der Waals surface area contributed by atoms with E-state index in [0.717, 1.165) is 49.7 Å². The molecular formula is C36H50N4O6. The molecule has 1 N–H and O–H groups in total. The summed E-state index contributed by atoms with van der Waals surface area (Å²) in [4.78, 5) is 52.7. The molecule has 6 rings (SSSR count). The van der Waals surface area contributed by atoms with Crippen molar-refractivity contribution in [1.29, 1.82) is 0 Å². The highest BCUT2D eigenvalue weighted by molar-refractivity contribution is 5.92. The molecule has 2 saturated carbocycles. The van der Waals surface area contributed by atoms with Crippen LogP contribution < -0.4 is 14.8 Å². The fourth-order valence-electron chi connectivity index (χ4n) is 7.78. The van der Waals surface area contributed by atoms with Gasteiger partial charge >= 0.3 is 6.09 Å². The van der Waals surface area contributed by atoms with Crippen LogP contribution in [0.1, 0.15) is 98.1 Å². The normalized spacial score (nSPS) is 30.7. The molecule has 4 aliphatic rings. The topological polar surface area (TPSA) is 120 Å². The molecule has 2 bridgehead atoms. The summed E-state index contributed by atoms with van der Waals surface area (Å²) >= 11 is 0. The minimum Gasteiger partial charge on any atom is -0.497 e. The van der Waals surface area contributed by atoms with Gasteiger partial charge in [-0.05, 0) is 68.9 Å². The van der Waals surface area contributed by atoms with Gasteiger partial charge in [-0.15, -0.1) is 0 Å². The lowest BCUT2D eigenvalue weighted by Crippen LogP contribution is -2.57. The number of nitrogens with one attached hydrogen (secondary N) is 1. The average Bonchev–Trinajstić information content (AvgIpc) is 3.91. The molecule has 250 valence electrons. The molecule has 2 aliphatic heterocycles. The number of ether oxygens (including phenoxy) is 3. The Morgan fingerprint density at radius 3 is 2.57 bits per heavy atom. The summed E-state index contributed by atoms with van der Waals surface area (Å²) < 4.78 is 18.4. The number of nitrogens with zero attached hydrogens (tertiary/aromatic N) is 3. The van der Waals surface area contributed by atoms with Gasteiger partial charge in [-0.2, -0.15) is 0 Å². The quantitative estimate of drug-likeness (QED) is 0.424. The highest BCUT2D eigenvalue weighted by Crippen LogP contribution is 2.57. The largest absolute Gasteiger partial charge is 0.497 e. The molecule has 2 aliphatic carbocycles. The predicted octanol–water partition coefficient (Wildman–Crippen LogP) is 6.03. The van der Waals surface area contributed by atoms with Crippen LogP contribution in [-0.2, 0) is 20.7 Å². The molecule has 1 aromatic heterocycles. The zero-order chi connectivity index (χ0) is 32.8. The Morgan fingerprint density at radius 1 is 1.11 bits per heavy atom. The number of methoxy groups -OCH3 is 1. The van der Waals surface area contributed by atoms with Crippen LogP contribution in [0.15, 0.2) is 18.2 Å². The van der Waals surface area contributed by atoms with Gasteiger partial charge in [-0.3, -0.25) is 9.59 Å². The third-order valence-electron chi connectivity index (χ3n) is 10.6. The number of hydrogen-bond donors (Lipinski definition) is 1. The molecule has 0 radical (unpaired) electrons. The maximum absolute atomic E-state index is 14.4. The van der Waals surface area contributed by atoms with E-state index in [-0.39, 0.29) is 24.2 Å². The standard InChI is InChI=1S/C36H50N4O6/c1-7-25-29-20-40(30(25)21(2)41)33(42)31(35(3,4)5)39-34(43)46-36(18-22-13-14-22)19-23(36)11-9-8-10-12-27-32(45-29)38-28-17-24(44-6)15-16-26(28)37-27/h15-17,22-23,25,29-31H,7-14,18-20H2,1-6H3,(H,39,43)/t23-,25-,29+,30-,31-,36-/m1/s1. The monoisotopic (exact) mass is 634 g/mol. The summed E-state index contributed by atoms with van der Waals surface area (Å²) in [6.07, 6.45) is 8.45. The van der Waals surface area contributed by atoms with E-state index in [9.17, 15) is 14.4 Å². The number of aryl methyl sites for hydroxylation is 1. The summed E-state index contributed by atoms with van der Waals surface area (Å²) in [5.41, 5.74) is 1.16. The van der Waals surface area contributed by atoms with Gasteiger partial charge in [-0.25, -0.2) is 14.8 Å². The van der Waals surface area contributed by atoms with Gasteiger partial charge in [0.2, 0.25) is 11.8 Å². The Hall–Kier alpha value is -3.43. The van der Waals surface area contributed by atoms with Crippen LogP contribution in [0.25, 0.3) is 11.0 Å². The zero-order valence-corrected chi connectivity index (χ0v) is 28.3. The van der Waals surface area contributed by atoms with Gasteiger partial charge in [0.05, 0.1) is 30.7 Å². The van der Waals surface area contributed by atoms with Crippen molar-refractivity contribution in [2.75, 3.05) is 13.7 Å². The third kappa shape index (κ3) is 6.67. The second kappa shape index (κ2) is 12.6. The van der Waals surface area contributed by atoms with E-state index in [1.165, 1.54) is 19.8 Å². The van der Waals surface area contributed by atoms with Crippen LogP contribution in [0.4, 0.5) is 4.79 Å². The SMILES string of the molecule is CC[C@@H]1[C@@H]2CN(C(=O)[C@H](C(C)(C)C)NC(=O)O[C@]3(CC4CC4)C[C@H]3CCCCCc3nc4ccc(OC)cc4nc3O2)[C@@H]1C(C)=O. The van der Waals surface area contributed by atoms with E-state index in [4.69, 9.17) is 24.2 Å². The minimum absolute atomic E-state index is 0.105. The highest BCUT2D eigenvalue weighted by atomic mass is 16.6.